The van der Waals surface area contributed by atoms with Crippen LogP contribution in [-0.2, 0) is 6.54 Å². The monoisotopic (exact) mass is 322 g/mol. The summed E-state index contributed by atoms with van der Waals surface area (Å²) >= 11 is 0. The van der Waals surface area contributed by atoms with E-state index in [1.54, 1.807) is 30.6 Å². The minimum atomic E-state index is -0.402. The molecule has 8 heteroatoms. The second-order valence-electron chi connectivity index (χ2n) is 5.19. The van der Waals surface area contributed by atoms with Gasteiger partial charge in [0.1, 0.15) is 12.1 Å². The van der Waals surface area contributed by atoms with Crippen molar-refractivity contribution in [2.75, 3.05) is 0 Å². The van der Waals surface area contributed by atoms with Gasteiger partial charge in [-0.15, -0.1) is 5.10 Å². The van der Waals surface area contributed by atoms with Gasteiger partial charge in [0.15, 0.2) is 11.2 Å². The molecular weight excluding hydrogens is 311 g/mol. The number of nitrogens with zero attached hydrogens (tertiary/aromatic N) is 6. The van der Waals surface area contributed by atoms with Gasteiger partial charge in [0.25, 0.3) is 5.56 Å². The van der Waals surface area contributed by atoms with Crippen molar-refractivity contribution in [2.24, 2.45) is 0 Å². The third-order valence-corrected chi connectivity index (χ3v) is 3.56. The SMILES string of the molecule is O=c1c2nnn(-c3cccc(F)c3)c2ncn1Cc1cccnc1. The van der Waals surface area contributed by atoms with E-state index in [1.165, 1.54) is 27.7 Å². The highest BCUT2D eigenvalue weighted by Gasteiger charge is 2.13. The largest absolute Gasteiger partial charge is 0.293 e. The number of aromatic nitrogens is 6. The van der Waals surface area contributed by atoms with Gasteiger partial charge in [0, 0.05) is 12.4 Å². The lowest BCUT2D eigenvalue weighted by molar-refractivity contribution is 0.625. The Kier molecular flexibility index (Phi) is 3.34. The van der Waals surface area contributed by atoms with Crippen LogP contribution < -0.4 is 5.56 Å². The van der Waals surface area contributed by atoms with Gasteiger partial charge in [-0.2, -0.15) is 4.68 Å². The summed E-state index contributed by atoms with van der Waals surface area (Å²) in [6, 6.07) is 9.52. The van der Waals surface area contributed by atoms with Crippen LogP contribution in [0.4, 0.5) is 4.39 Å². The Balaban J connectivity index is 1.80. The number of halogens is 1. The fourth-order valence-corrected chi connectivity index (χ4v) is 2.43. The number of rotatable bonds is 3. The molecule has 0 saturated carbocycles. The molecule has 0 aliphatic heterocycles. The van der Waals surface area contributed by atoms with Crippen LogP contribution in [0.5, 0.6) is 0 Å². The molecular formula is C16H11FN6O. The summed E-state index contributed by atoms with van der Waals surface area (Å²) in [6.07, 6.45) is 4.77. The van der Waals surface area contributed by atoms with Crippen LogP contribution in [0.15, 0.2) is 59.9 Å². The average molecular weight is 322 g/mol. The van der Waals surface area contributed by atoms with Crippen LogP contribution in [0.3, 0.4) is 0 Å². The Morgan fingerprint density at radius 1 is 1.17 bits per heavy atom. The van der Waals surface area contributed by atoms with E-state index in [4.69, 9.17) is 0 Å². The Labute approximate surface area is 135 Å². The summed E-state index contributed by atoms with van der Waals surface area (Å²) in [5.74, 6) is -0.402. The van der Waals surface area contributed by atoms with Crippen molar-refractivity contribution in [2.45, 2.75) is 6.54 Å². The highest BCUT2D eigenvalue weighted by atomic mass is 19.1. The number of fused-ring (bicyclic) bond motifs is 1. The van der Waals surface area contributed by atoms with E-state index in [0.717, 1.165) is 5.56 Å². The van der Waals surface area contributed by atoms with Crippen molar-refractivity contribution < 1.29 is 4.39 Å². The van der Waals surface area contributed by atoms with Gasteiger partial charge in [-0.25, -0.2) is 9.37 Å². The summed E-state index contributed by atoms with van der Waals surface area (Å²) < 4.78 is 16.2. The van der Waals surface area contributed by atoms with Crippen molar-refractivity contribution in [1.29, 1.82) is 0 Å². The highest BCUT2D eigenvalue weighted by molar-refractivity contribution is 5.70. The molecule has 0 N–H and O–H groups in total. The van der Waals surface area contributed by atoms with Gasteiger partial charge >= 0.3 is 0 Å². The summed E-state index contributed by atoms with van der Waals surface area (Å²) in [6.45, 7) is 0.336. The molecule has 0 unspecified atom stereocenters. The molecule has 0 saturated heterocycles. The summed E-state index contributed by atoms with van der Waals surface area (Å²) in [7, 11) is 0. The maximum Gasteiger partial charge on any atom is 0.283 e. The van der Waals surface area contributed by atoms with Gasteiger partial charge in [0.05, 0.1) is 12.2 Å². The smallest absolute Gasteiger partial charge is 0.283 e. The predicted octanol–water partition coefficient (Wildman–Crippen LogP) is 1.56. The average Bonchev–Trinajstić information content (AvgIpc) is 3.03. The van der Waals surface area contributed by atoms with Gasteiger partial charge < -0.3 is 0 Å². The third kappa shape index (κ3) is 2.43. The van der Waals surface area contributed by atoms with E-state index in [2.05, 4.69) is 20.3 Å². The molecule has 3 aromatic heterocycles. The van der Waals surface area contributed by atoms with E-state index < -0.39 is 5.82 Å². The van der Waals surface area contributed by atoms with Gasteiger partial charge in [-0.1, -0.05) is 17.3 Å². The van der Waals surface area contributed by atoms with Gasteiger partial charge in [-0.05, 0) is 29.8 Å². The van der Waals surface area contributed by atoms with E-state index in [9.17, 15) is 9.18 Å². The molecule has 7 nitrogen and oxygen atoms in total. The molecule has 0 aliphatic carbocycles. The molecule has 24 heavy (non-hydrogen) atoms. The van der Waals surface area contributed by atoms with Crippen LogP contribution in [0.2, 0.25) is 0 Å². The second kappa shape index (κ2) is 5.65. The lowest BCUT2D eigenvalue weighted by Crippen LogP contribution is -2.21. The first-order valence-corrected chi connectivity index (χ1v) is 7.18. The molecule has 0 aliphatic rings. The molecule has 118 valence electrons. The van der Waals surface area contributed by atoms with Crippen molar-refractivity contribution in [1.82, 2.24) is 29.5 Å². The molecule has 4 aromatic rings. The van der Waals surface area contributed by atoms with Gasteiger partial charge in [0.2, 0.25) is 0 Å². The van der Waals surface area contributed by atoms with Crippen LogP contribution in [-0.4, -0.2) is 29.5 Å². The number of hydrogen-bond donors (Lipinski definition) is 0. The summed E-state index contributed by atoms with van der Waals surface area (Å²) in [4.78, 5) is 20.8. The first-order valence-electron chi connectivity index (χ1n) is 7.18. The first-order chi connectivity index (χ1) is 11.7. The van der Waals surface area contributed by atoms with Crippen molar-refractivity contribution in [3.8, 4) is 5.69 Å². The Morgan fingerprint density at radius 3 is 2.88 bits per heavy atom. The fourth-order valence-electron chi connectivity index (χ4n) is 2.43. The van der Waals surface area contributed by atoms with Crippen molar-refractivity contribution >= 4 is 11.2 Å². The van der Waals surface area contributed by atoms with E-state index in [1.807, 2.05) is 6.07 Å². The van der Waals surface area contributed by atoms with Crippen LogP contribution in [0.25, 0.3) is 16.9 Å². The maximum absolute atomic E-state index is 13.4. The normalized spacial score (nSPS) is 11.0. The fraction of sp³-hybridized carbons (Fsp3) is 0.0625. The van der Waals surface area contributed by atoms with Crippen LogP contribution in [0.1, 0.15) is 5.56 Å². The zero-order chi connectivity index (χ0) is 16.5. The second-order valence-corrected chi connectivity index (χ2v) is 5.19. The topological polar surface area (TPSA) is 78.5 Å². The van der Waals surface area contributed by atoms with E-state index >= 15 is 0 Å². The molecule has 0 bridgehead atoms. The number of hydrogen-bond acceptors (Lipinski definition) is 5. The molecule has 0 spiro atoms. The van der Waals surface area contributed by atoms with Crippen molar-refractivity contribution in [3.63, 3.8) is 0 Å². The summed E-state index contributed by atoms with van der Waals surface area (Å²) in [5, 5.41) is 7.83. The highest BCUT2D eigenvalue weighted by Crippen LogP contribution is 2.13. The standard InChI is InChI=1S/C16H11FN6O/c17-12-4-1-5-13(7-12)23-15-14(20-21-23)16(24)22(10-19-15)9-11-3-2-6-18-8-11/h1-8,10H,9H2. The van der Waals surface area contributed by atoms with E-state index in [0.29, 0.717) is 12.2 Å². The Morgan fingerprint density at radius 2 is 2.08 bits per heavy atom. The molecule has 1 aromatic carbocycles. The Hall–Kier alpha value is -3.42. The molecule has 4 rings (SSSR count). The molecule has 0 amide bonds. The number of pyridine rings is 1. The Bertz CT molecular complexity index is 1070. The van der Waals surface area contributed by atoms with Gasteiger partial charge in [-0.3, -0.25) is 14.3 Å². The number of benzene rings is 1. The lowest BCUT2D eigenvalue weighted by Gasteiger charge is -2.05. The minimum absolute atomic E-state index is 0.130. The quantitative estimate of drug-likeness (QED) is 0.572. The third-order valence-electron chi connectivity index (χ3n) is 3.56. The van der Waals surface area contributed by atoms with E-state index in [-0.39, 0.29) is 16.7 Å². The first kappa shape index (κ1) is 14.2. The zero-order valence-electron chi connectivity index (χ0n) is 12.4. The lowest BCUT2D eigenvalue weighted by atomic mass is 10.3. The zero-order valence-corrected chi connectivity index (χ0v) is 12.4. The maximum atomic E-state index is 13.4. The minimum Gasteiger partial charge on any atom is -0.293 e. The molecule has 0 fully saturated rings. The molecule has 0 atom stereocenters. The summed E-state index contributed by atoms with van der Waals surface area (Å²) in [5.41, 5.74) is 1.43. The van der Waals surface area contributed by atoms with Crippen LogP contribution >= 0.6 is 0 Å². The van der Waals surface area contributed by atoms with Crippen LogP contribution in [0, 0.1) is 5.82 Å². The van der Waals surface area contributed by atoms with Crippen molar-refractivity contribution in [3.05, 3.63) is 76.9 Å². The predicted molar refractivity (Wildman–Crippen MR) is 84.2 cm³/mol. The molecule has 0 radical (unpaired) electrons. The molecule has 3 heterocycles.